The van der Waals surface area contributed by atoms with Crippen LogP contribution in [0.1, 0.15) is 60.7 Å². The summed E-state index contributed by atoms with van der Waals surface area (Å²) < 4.78 is 15.9. The number of carbonyl (C=O) groups excluding carboxylic acids is 1. The smallest absolute Gasteiger partial charge is 0.293 e. The topological polar surface area (TPSA) is 81.6 Å². The molecule has 0 N–H and O–H groups in total. The zero-order chi connectivity index (χ0) is 19.7. The highest BCUT2D eigenvalue weighted by Crippen LogP contribution is 2.34. The van der Waals surface area contributed by atoms with Gasteiger partial charge in [0.05, 0.1) is 13.2 Å². The van der Waals surface area contributed by atoms with Crippen LogP contribution in [0.4, 0.5) is 0 Å². The maximum Gasteiger partial charge on any atom is 0.293 e. The van der Waals surface area contributed by atoms with E-state index >= 15 is 0 Å². The molecule has 1 atom stereocenters. The normalized spacial score (nSPS) is 16.7. The molecule has 0 saturated carbocycles. The average molecular weight is 381 g/mol. The lowest BCUT2D eigenvalue weighted by Gasteiger charge is -2.21. The van der Waals surface area contributed by atoms with E-state index in [1.165, 1.54) is 0 Å². The van der Waals surface area contributed by atoms with Gasteiger partial charge >= 0.3 is 0 Å². The molecule has 1 aliphatic heterocycles. The van der Waals surface area contributed by atoms with Crippen molar-refractivity contribution in [1.82, 2.24) is 15.2 Å². The van der Waals surface area contributed by atoms with Crippen molar-refractivity contribution in [3.8, 4) is 17.0 Å². The lowest BCUT2D eigenvalue weighted by atomic mass is 10.1. The largest absolute Gasteiger partial charge is 0.497 e. The minimum absolute atomic E-state index is 0.0988. The van der Waals surface area contributed by atoms with Crippen molar-refractivity contribution in [2.24, 2.45) is 0 Å². The standard InChI is InChI=1S/C21H23N3O4/c1-13(2)19-12-17(23-27-19)18-5-4-10-24(18)21(25)20-11-16(22-28-20)14-6-8-15(26-3)9-7-14/h6-9,11-13,18H,4-5,10H2,1-3H3/t18-/m1/s1. The third kappa shape index (κ3) is 3.40. The highest BCUT2D eigenvalue weighted by atomic mass is 16.5. The SMILES string of the molecule is COc1ccc(-c2cc(C(=O)N3CCC[C@@H]3c3cc(C(C)C)on3)on2)cc1. The molecule has 0 unspecified atom stereocenters. The van der Waals surface area contributed by atoms with E-state index in [9.17, 15) is 4.79 Å². The Hall–Kier alpha value is -3.09. The van der Waals surface area contributed by atoms with Gasteiger partial charge in [-0.1, -0.05) is 24.2 Å². The Morgan fingerprint density at radius 2 is 1.96 bits per heavy atom. The van der Waals surface area contributed by atoms with Crippen molar-refractivity contribution in [2.45, 2.75) is 38.6 Å². The molecular weight excluding hydrogens is 358 g/mol. The first kappa shape index (κ1) is 18.3. The maximum atomic E-state index is 13.0. The molecule has 1 aromatic carbocycles. The van der Waals surface area contributed by atoms with Gasteiger partial charge < -0.3 is 18.7 Å². The van der Waals surface area contributed by atoms with Crippen LogP contribution in [0.25, 0.3) is 11.3 Å². The van der Waals surface area contributed by atoms with Gasteiger partial charge in [-0.3, -0.25) is 4.79 Å². The van der Waals surface area contributed by atoms with Crippen LogP contribution in [0.3, 0.4) is 0 Å². The van der Waals surface area contributed by atoms with Gasteiger partial charge in [0.2, 0.25) is 5.76 Å². The van der Waals surface area contributed by atoms with E-state index in [-0.39, 0.29) is 23.6 Å². The zero-order valence-corrected chi connectivity index (χ0v) is 16.2. The molecule has 1 amide bonds. The summed E-state index contributed by atoms with van der Waals surface area (Å²) in [5.74, 6) is 1.90. The van der Waals surface area contributed by atoms with Crippen molar-refractivity contribution >= 4 is 5.91 Å². The lowest BCUT2D eigenvalue weighted by molar-refractivity contribution is 0.0688. The van der Waals surface area contributed by atoms with Crippen molar-refractivity contribution in [2.75, 3.05) is 13.7 Å². The monoisotopic (exact) mass is 381 g/mol. The van der Waals surface area contributed by atoms with Gasteiger partial charge in [0.15, 0.2) is 0 Å². The minimum atomic E-state index is -0.177. The molecule has 0 bridgehead atoms. The second-order valence-electron chi connectivity index (χ2n) is 7.27. The van der Waals surface area contributed by atoms with E-state index < -0.39 is 0 Å². The van der Waals surface area contributed by atoms with Crippen LogP contribution < -0.4 is 4.74 Å². The molecule has 28 heavy (non-hydrogen) atoms. The van der Waals surface area contributed by atoms with Crippen LogP contribution in [0, 0.1) is 0 Å². The van der Waals surface area contributed by atoms with Gasteiger partial charge in [-0.15, -0.1) is 0 Å². The molecule has 3 heterocycles. The molecular formula is C21H23N3O4. The quantitative estimate of drug-likeness (QED) is 0.650. The molecule has 146 valence electrons. The number of amides is 1. The van der Waals surface area contributed by atoms with Gasteiger partial charge in [0.1, 0.15) is 22.9 Å². The minimum Gasteiger partial charge on any atom is -0.497 e. The van der Waals surface area contributed by atoms with E-state index in [4.69, 9.17) is 13.8 Å². The summed E-state index contributed by atoms with van der Waals surface area (Å²) in [7, 11) is 1.62. The van der Waals surface area contributed by atoms with Gasteiger partial charge in [-0.05, 0) is 37.1 Å². The van der Waals surface area contributed by atoms with Gasteiger partial charge in [-0.2, -0.15) is 0 Å². The van der Waals surface area contributed by atoms with Gasteiger partial charge in [0.25, 0.3) is 5.91 Å². The summed E-state index contributed by atoms with van der Waals surface area (Å²) in [6.45, 7) is 4.76. The first-order valence-corrected chi connectivity index (χ1v) is 9.45. The zero-order valence-electron chi connectivity index (χ0n) is 16.2. The molecule has 3 aromatic rings. The van der Waals surface area contributed by atoms with Crippen LogP contribution in [-0.2, 0) is 0 Å². The van der Waals surface area contributed by atoms with Crippen molar-refractivity contribution in [3.05, 3.63) is 53.6 Å². The Bertz CT molecular complexity index is 958. The molecule has 0 radical (unpaired) electrons. The first-order chi connectivity index (χ1) is 13.6. The lowest BCUT2D eigenvalue weighted by Crippen LogP contribution is -2.30. The maximum absolute atomic E-state index is 13.0. The van der Waals surface area contributed by atoms with E-state index in [2.05, 4.69) is 24.2 Å². The third-order valence-electron chi connectivity index (χ3n) is 5.08. The highest BCUT2D eigenvalue weighted by Gasteiger charge is 2.34. The van der Waals surface area contributed by atoms with Gasteiger partial charge in [-0.25, -0.2) is 0 Å². The molecule has 7 heteroatoms. The Labute approximate surface area is 163 Å². The fourth-order valence-electron chi connectivity index (χ4n) is 3.47. The fraction of sp³-hybridized carbons (Fsp3) is 0.381. The van der Waals surface area contributed by atoms with Crippen molar-refractivity contribution in [1.29, 1.82) is 0 Å². The van der Waals surface area contributed by atoms with Gasteiger partial charge in [0, 0.05) is 30.2 Å². The van der Waals surface area contributed by atoms with Crippen LogP contribution in [0.15, 0.2) is 45.4 Å². The van der Waals surface area contributed by atoms with E-state index in [0.29, 0.717) is 12.2 Å². The van der Waals surface area contributed by atoms with Crippen molar-refractivity contribution in [3.63, 3.8) is 0 Å². The number of benzene rings is 1. The van der Waals surface area contributed by atoms with Crippen LogP contribution in [-0.4, -0.2) is 34.8 Å². The Morgan fingerprint density at radius 1 is 1.18 bits per heavy atom. The third-order valence-corrected chi connectivity index (χ3v) is 5.08. The predicted molar refractivity (Wildman–Crippen MR) is 102 cm³/mol. The molecule has 7 nitrogen and oxygen atoms in total. The summed E-state index contributed by atoms with van der Waals surface area (Å²) in [5.41, 5.74) is 2.27. The molecule has 1 fully saturated rings. The molecule has 0 aliphatic carbocycles. The molecule has 2 aromatic heterocycles. The molecule has 4 rings (SSSR count). The first-order valence-electron chi connectivity index (χ1n) is 9.45. The second kappa shape index (κ2) is 7.50. The predicted octanol–water partition coefficient (Wildman–Crippen LogP) is 4.44. The number of rotatable bonds is 5. The molecule has 0 spiro atoms. The number of hydrogen-bond donors (Lipinski definition) is 0. The number of hydrogen-bond acceptors (Lipinski definition) is 6. The summed E-state index contributed by atoms with van der Waals surface area (Å²) in [6.07, 6.45) is 1.77. The fourth-order valence-corrected chi connectivity index (χ4v) is 3.47. The molecule has 1 aliphatic rings. The number of ether oxygens (including phenoxy) is 1. The number of carbonyl (C=O) groups is 1. The van der Waals surface area contributed by atoms with Crippen LogP contribution >= 0.6 is 0 Å². The summed E-state index contributed by atoms with van der Waals surface area (Å²) >= 11 is 0. The Kier molecular flexibility index (Phi) is 4.90. The second-order valence-corrected chi connectivity index (χ2v) is 7.27. The number of methoxy groups -OCH3 is 1. The van der Waals surface area contributed by atoms with E-state index in [0.717, 1.165) is 35.6 Å². The summed E-state index contributed by atoms with van der Waals surface area (Å²) in [6, 6.07) is 11.0. The molecule has 1 saturated heterocycles. The Morgan fingerprint density at radius 3 is 2.64 bits per heavy atom. The van der Waals surface area contributed by atoms with E-state index in [1.807, 2.05) is 30.3 Å². The number of nitrogens with zero attached hydrogens (tertiary/aromatic N) is 3. The number of aromatic nitrogens is 2. The Balaban J connectivity index is 1.54. The highest BCUT2D eigenvalue weighted by molar-refractivity contribution is 5.93. The average Bonchev–Trinajstić information content (AvgIpc) is 3.47. The summed E-state index contributed by atoms with van der Waals surface area (Å²) in [4.78, 5) is 14.8. The number of likely N-dealkylation sites (tertiary alicyclic amines) is 1. The van der Waals surface area contributed by atoms with Crippen molar-refractivity contribution < 1.29 is 18.6 Å². The van der Waals surface area contributed by atoms with Crippen LogP contribution in [0.2, 0.25) is 0 Å². The van der Waals surface area contributed by atoms with Crippen LogP contribution in [0.5, 0.6) is 5.75 Å². The summed E-state index contributed by atoms with van der Waals surface area (Å²) in [5, 5.41) is 8.25. The van der Waals surface area contributed by atoms with E-state index in [1.54, 1.807) is 18.1 Å².